The molecular weight excluding hydrogens is 376 g/mol. The molecule has 2 heterocycles. The molecule has 2 rings (SSSR count). The van der Waals surface area contributed by atoms with Gasteiger partial charge in [0.2, 0.25) is 0 Å². The van der Waals surface area contributed by atoms with Crippen molar-refractivity contribution < 1.29 is 24.2 Å². The van der Waals surface area contributed by atoms with E-state index in [9.17, 15) is 19.2 Å². The highest BCUT2D eigenvalue weighted by atomic mass is 16.6. The number of aromatic amines is 1. The number of esters is 1. The number of hydrogen-bond donors (Lipinski definition) is 3. The first-order valence-electron chi connectivity index (χ1n) is 8.38. The van der Waals surface area contributed by atoms with E-state index >= 15 is 0 Å². The molecule has 0 aliphatic carbocycles. The number of nitrogens with two attached hydrogens (primary N) is 1. The molecular formula is C15H20N6O7. The van der Waals surface area contributed by atoms with Gasteiger partial charge in [-0.05, 0) is 18.9 Å². The lowest BCUT2D eigenvalue weighted by atomic mass is 10.1. The molecule has 1 aliphatic rings. The highest BCUT2D eigenvalue weighted by molar-refractivity contribution is 5.76. The number of aliphatic carboxylic acids is 1. The van der Waals surface area contributed by atoms with Crippen LogP contribution in [0, 0.1) is 6.92 Å². The highest BCUT2D eigenvalue weighted by Crippen LogP contribution is 2.30. The van der Waals surface area contributed by atoms with Crippen molar-refractivity contribution in [3.05, 3.63) is 43.0 Å². The first kappa shape index (κ1) is 21.2. The van der Waals surface area contributed by atoms with Crippen molar-refractivity contribution in [3.63, 3.8) is 0 Å². The summed E-state index contributed by atoms with van der Waals surface area (Å²) in [7, 11) is 0. The van der Waals surface area contributed by atoms with Gasteiger partial charge in [-0.2, -0.15) is 0 Å². The summed E-state index contributed by atoms with van der Waals surface area (Å²) < 4.78 is 11.9. The van der Waals surface area contributed by atoms with Crippen LogP contribution in [-0.2, 0) is 19.1 Å². The average Bonchev–Trinajstić information content (AvgIpc) is 3.03. The zero-order valence-corrected chi connectivity index (χ0v) is 15.0. The van der Waals surface area contributed by atoms with Gasteiger partial charge in [-0.25, -0.2) is 4.79 Å². The van der Waals surface area contributed by atoms with E-state index < -0.39 is 47.6 Å². The number of carbonyl (C=O) groups is 2. The van der Waals surface area contributed by atoms with Crippen molar-refractivity contribution in [2.45, 2.75) is 50.6 Å². The maximum atomic E-state index is 12.0. The molecule has 0 radical (unpaired) electrons. The van der Waals surface area contributed by atoms with Gasteiger partial charge in [-0.1, -0.05) is 5.11 Å². The van der Waals surface area contributed by atoms with Gasteiger partial charge in [0.05, 0.1) is 6.04 Å². The van der Waals surface area contributed by atoms with Crippen molar-refractivity contribution in [1.29, 1.82) is 0 Å². The van der Waals surface area contributed by atoms with Crippen LogP contribution in [0.5, 0.6) is 0 Å². The fourth-order valence-corrected chi connectivity index (χ4v) is 2.69. The van der Waals surface area contributed by atoms with E-state index in [2.05, 4.69) is 15.0 Å². The Labute approximate surface area is 157 Å². The number of rotatable bonds is 8. The first-order valence-corrected chi connectivity index (χ1v) is 8.38. The van der Waals surface area contributed by atoms with Crippen LogP contribution in [0.25, 0.3) is 10.4 Å². The lowest BCUT2D eigenvalue weighted by Gasteiger charge is -2.18. The Morgan fingerprint density at radius 1 is 1.57 bits per heavy atom. The van der Waals surface area contributed by atoms with Gasteiger partial charge in [-0.15, -0.1) is 0 Å². The summed E-state index contributed by atoms with van der Waals surface area (Å²) >= 11 is 0. The van der Waals surface area contributed by atoms with Crippen molar-refractivity contribution in [1.82, 2.24) is 9.55 Å². The normalized spacial score (nSPS) is 22.3. The summed E-state index contributed by atoms with van der Waals surface area (Å²) in [5.74, 6) is -1.90. The van der Waals surface area contributed by atoms with Crippen LogP contribution in [-0.4, -0.2) is 51.4 Å². The minimum absolute atomic E-state index is 0.0891. The fraction of sp³-hybridized carbons (Fsp3) is 0.600. The molecule has 1 fully saturated rings. The van der Waals surface area contributed by atoms with Crippen LogP contribution < -0.4 is 17.0 Å². The number of carboxylic acids is 1. The number of carbonyl (C=O) groups excluding carboxylic acids is 1. The minimum Gasteiger partial charge on any atom is -0.481 e. The second-order valence-electron chi connectivity index (χ2n) is 6.28. The predicted octanol–water partition coefficient (Wildman–Crippen LogP) is -0.453. The van der Waals surface area contributed by atoms with Gasteiger partial charge in [0.1, 0.15) is 25.0 Å². The Kier molecular flexibility index (Phi) is 6.93. The van der Waals surface area contributed by atoms with E-state index in [1.807, 2.05) is 0 Å². The maximum absolute atomic E-state index is 12.0. The number of carboxylic acid groups (broad SMARTS) is 1. The van der Waals surface area contributed by atoms with Gasteiger partial charge in [-0.3, -0.25) is 23.9 Å². The lowest BCUT2D eigenvalue weighted by Crippen LogP contribution is -2.36. The zero-order valence-electron chi connectivity index (χ0n) is 15.0. The summed E-state index contributed by atoms with van der Waals surface area (Å²) in [6.45, 7) is 1.23. The van der Waals surface area contributed by atoms with Crippen LogP contribution >= 0.6 is 0 Å². The molecule has 1 saturated heterocycles. The quantitative estimate of drug-likeness (QED) is 0.226. The van der Waals surface area contributed by atoms with Gasteiger partial charge >= 0.3 is 17.6 Å². The molecule has 4 N–H and O–H groups in total. The zero-order chi connectivity index (χ0) is 20.8. The smallest absolute Gasteiger partial charge is 0.330 e. The first-order chi connectivity index (χ1) is 13.2. The molecule has 4 atom stereocenters. The van der Waals surface area contributed by atoms with Crippen molar-refractivity contribution in [3.8, 4) is 0 Å². The topological polar surface area (TPSA) is 202 Å². The average molecular weight is 396 g/mol. The molecule has 13 heteroatoms. The molecule has 28 heavy (non-hydrogen) atoms. The number of nitrogens with one attached hydrogen (secondary N) is 1. The highest BCUT2D eigenvalue weighted by Gasteiger charge is 2.37. The minimum atomic E-state index is -1.12. The Balaban J connectivity index is 2.06. The van der Waals surface area contributed by atoms with Crippen molar-refractivity contribution in [2.75, 3.05) is 6.61 Å². The Hall–Kier alpha value is -3.15. The summed E-state index contributed by atoms with van der Waals surface area (Å²) in [5, 5.41) is 12.2. The van der Waals surface area contributed by atoms with Gasteiger partial charge < -0.3 is 20.3 Å². The molecule has 152 valence electrons. The monoisotopic (exact) mass is 396 g/mol. The summed E-state index contributed by atoms with van der Waals surface area (Å²) in [5.41, 5.74) is 13.4. The Bertz CT molecular complexity index is 903. The van der Waals surface area contributed by atoms with Crippen LogP contribution in [0.15, 0.2) is 20.9 Å². The Morgan fingerprint density at radius 3 is 2.93 bits per heavy atom. The molecule has 0 saturated carbocycles. The molecule has 1 aliphatic heterocycles. The van der Waals surface area contributed by atoms with Crippen LogP contribution in [0.3, 0.4) is 0 Å². The van der Waals surface area contributed by atoms with Gasteiger partial charge in [0.25, 0.3) is 5.56 Å². The number of aryl methyl sites for hydroxylation is 1. The second kappa shape index (κ2) is 9.17. The number of nitrogens with zero attached hydrogens (tertiary/aromatic N) is 4. The molecule has 13 nitrogen and oxygen atoms in total. The largest absolute Gasteiger partial charge is 0.481 e. The fourth-order valence-electron chi connectivity index (χ4n) is 2.69. The summed E-state index contributed by atoms with van der Waals surface area (Å²) in [4.78, 5) is 50.8. The molecule has 4 unspecified atom stereocenters. The van der Waals surface area contributed by atoms with E-state index in [-0.39, 0.29) is 25.9 Å². The van der Waals surface area contributed by atoms with E-state index in [0.29, 0.717) is 5.56 Å². The molecule has 0 bridgehead atoms. The van der Waals surface area contributed by atoms with E-state index in [0.717, 1.165) is 4.57 Å². The summed E-state index contributed by atoms with van der Waals surface area (Å²) in [6.07, 6.45) is -0.584. The molecule has 0 spiro atoms. The third kappa shape index (κ3) is 5.19. The van der Waals surface area contributed by atoms with Gasteiger partial charge in [0.15, 0.2) is 0 Å². The van der Waals surface area contributed by atoms with Crippen LogP contribution in [0.1, 0.15) is 31.1 Å². The molecule has 1 aromatic heterocycles. The third-order valence-corrected chi connectivity index (χ3v) is 4.22. The number of hydrogen-bond acceptors (Lipinski definition) is 8. The maximum Gasteiger partial charge on any atom is 0.330 e. The second-order valence-corrected chi connectivity index (χ2v) is 6.28. The number of ether oxygens (including phenoxy) is 2. The molecule has 0 aromatic carbocycles. The number of aromatic nitrogens is 2. The van der Waals surface area contributed by atoms with Crippen molar-refractivity contribution >= 4 is 11.9 Å². The lowest BCUT2D eigenvalue weighted by molar-refractivity contribution is -0.150. The standard InChI is InChI=1S/C15H20N6O7/c1-7-5-21(15(26)18-13(7)24)11-4-9(19-20-17)10(28-11)6-27-14(25)8(16)2-3-12(22)23/h5,8-11H,2-4,6,16H2,1H3,(H,22,23)(H,18,24,26). The number of azide groups is 1. The summed E-state index contributed by atoms with van der Waals surface area (Å²) in [6, 6.07) is -1.84. The SMILES string of the molecule is Cc1cn(C2CC(N=[N+]=[N-])C(COC(=O)C(N)CCC(=O)O)O2)c(=O)[nH]c1=O. The van der Waals surface area contributed by atoms with Crippen LogP contribution in [0.2, 0.25) is 0 Å². The van der Waals surface area contributed by atoms with E-state index in [1.54, 1.807) is 0 Å². The van der Waals surface area contributed by atoms with Gasteiger partial charge in [0, 0.05) is 29.5 Å². The molecule has 1 aromatic rings. The van der Waals surface area contributed by atoms with Crippen molar-refractivity contribution in [2.24, 2.45) is 10.8 Å². The molecule has 0 amide bonds. The van der Waals surface area contributed by atoms with Crippen LogP contribution in [0.4, 0.5) is 0 Å². The Morgan fingerprint density at radius 2 is 2.29 bits per heavy atom. The predicted molar refractivity (Wildman–Crippen MR) is 93.3 cm³/mol. The van der Waals surface area contributed by atoms with E-state index in [4.69, 9.17) is 25.8 Å². The third-order valence-electron chi connectivity index (χ3n) is 4.22. The number of H-pyrrole nitrogens is 1. The van der Waals surface area contributed by atoms with E-state index in [1.165, 1.54) is 13.1 Å².